The highest BCUT2D eigenvalue weighted by Crippen LogP contribution is 2.10. The third-order valence-corrected chi connectivity index (χ3v) is 3.11. The Balaban J connectivity index is 2.14. The monoisotopic (exact) mass is 249 g/mol. The predicted molar refractivity (Wildman–Crippen MR) is 72.9 cm³/mol. The zero-order chi connectivity index (χ0) is 13.2. The van der Waals surface area contributed by atoms with Crippen molar-refractivity contribution >= 4 is 5.97 Å². The molecule has 1 rings (SSSR count). The highest BCUT2D eigenvalue weighted by Gasteiger charge is 2.03. The van der Waals surface area contributed by atoms with Crippen molar-refractivity contribution in [2.75, 3.05) is 0 Å². The van der Waals surface area contributed by atoms with Crippen LogP contribution in [-0.2, 0) is 6.42 Å². The Morgan fingerprint density at radius 3 is 2.33 bits per heavy atom. The second kappa shape index (κ2) is 8.67. The lowest BCUT2D eigenvalue weighted by Gasteiger charge is -2.02. The van der Waals surface area contributed by atoms with E-state index in [9.17, 15) is 4.79 Å². The lowest BCUT2D eigenvalue weighted by Crippen LogP contribution is -2.00. The molecule has 0 amide bonds. The number of unbranched alkanes of at least 4 members (excludes halogenated alkanes) is 6. The van der Waals surface area contributed by atoms with E-state index in [1.807, 2.05) is 6.07 Å². The summed E-state index contributed by atoms with van der Waals surface area (Å²) in [6.07, 6.45) is 11.7. The Labute approximate surface area is 109 Å². The minimum Gasteiger partial charge on any atom is -0.477 e. The van der Waals surface area contributed by atoms with Crippen molar-refractivity contribution in [3.63, 3.8) is 0 Å². The number of aryl methyl sites for hydroxylation is 1. The topological polar surface area (TPSA) is 50.2 Å². The lowest BCUT2D eigenvalue weighted by atomic mass is 10.1. The van der Waals surface area contributed by atoms with Gasteiger partial charge in [-0.2, -0.15) is 0 Å². The molecule has 0 saturated carbocycles. The Bertz CT molecular complexity index is 346. The normalized spacial score (nSPS) is 10.5. The van der Waals surface area contributed by atoms with Gasteiger partial charge in [0, 0.05) is 6.20 Å². The fourth-order valence-corrected chi connectivity index (χ4v) is 1.99. The van der Waals surface area contributed by atoms with Gasteiger partial charge in [-0.05, 0) is 24.5 Å². The number of pyridine rings is 1. The Hall–Kier alpha value is -1.38. The summed E-state index contributed by atoms with van der Waals surface area (Å²) in [7, 11) is 0. The average molecular weight is 249 g/mol. The first-order chi connectivity index (χ1) is 8.74. The van der Waals surface area contributed by atoms with Gasteiger partial charge in [-0.1, -0.05) is 51.5 Å². The maximum absolute atomic E-state index is 10.6. The van der Waals surface area contributed by atoms with E-state index >= 15 is 0 Å². The van der Waals surface area contributed by atoms with Gasteiger partial charge in [0.2, 0.25) is 0 Å². The first-order valence-corrected chi connectivity index (χ1v) is 6.92. The third kappa shape index (κ3) is 5.80. The van der Waals surface area contributed by atoms with Crippen LogP contribution in [0.15, 0.2) is 18.3 Å². The number of nitrogens with zero attached hydrogens (tertiary/aromatic N) is 1. The van der Waals surface area contributed by atoms with Gasteiger partial charge in [0.25, 0.3) is 0 Å². The fourth-order valence-electron chi connectivity index (χ4n) is 1.99. The molecule has 3 nitrogen and oxygen atoms in total. The average Bonchev–Trinajstić information content (AvgIpc) is 2.38. The van der Waals surface area contributed by atoms with Crippen molar-refractivity contribution in [2.45, 2.75) is 58.3 Å². The molecule has 0 aliphatic heterocycles. The van der Waals surface area contributed by atoms with Crippen molar-refractivity contribution < 1.29 is 9.90 Å². The number of hydrogen-bond donors (Lipinski definition) is 1. The summed E-state index contributed by atoms with van der Waals surface area (Å²) in [5.74, 6) is -0.961. The molecular weight excluding hydrogens is 226 g/mol. The first-order valence-electron chi connectivity index (χ1n) is 6.92. The van der Waals surface area contributed by atoms with Crippen LogP contribution in [0.3, 0.4) is 0 Å². The van der Waals surface area contributed by atoms with Gasteiger partial charge in [0.1, 0.15) is 5.69 Å². The molecule has 3 heteroatoms. The van der Waals surface area contributed by atoms with Crippen LogP contribution in [0.5, 0.6) is 0 Å². The molecule has 0 aliphatic carbocycles. The summed E-state index contributed by atoms with van der Waals surface area (Å²) in [5, 5.41) is 8.73. The number of carboxylic acid groups (broad SMARTS) is 1. The molecular formula is C15H23NO2. The maximum Gasteiger partial charge on any atom is 0.354 e. The van der Waals surface area contributed by atoms with Crippen LogP contribution < -0.4 is 0 Å². The number of aromatic nitrogens is 1. The molecule has 0 bridgehead atoms. The van der Waals surface area contributed by atoms with E-state index in [0.717, 1.165) is 12.0 Å². The molecule has 1 N–H and O–H groups in total. The van der Waals surface area contributed by atoms with Gasteiger partial charge in [-0.25, -0.2) is 9.78 Å². The van der Waals surface area contributed by atoms with Crippen LogP contribution in [0.25, 0.3) is 0 Å². The molecule has 0 aromatic carbocycles. The number of rotatable bonds is 9. The van der Waals surface area contributed by atoms with E-state index in [-0.39, 0.29) is 5.69 Å². The molecule has 18 heavy (non-hydrogen) atoms. The zero-order valence-corrected chi connectivity index (χ0v) is 11.2. The minimum absolute atomic E-state index is 0.123. The standard InChI is InChI=1S/C15H23NO2/c1-2-3-4-5-6-7-8-9-13-10-11-14(15(17)18)16-12-13/h10-12H,2-9H2,1H3,(H,17,18). The molecule has 0 unspecified atom stereocenters. The summed E-state index contributed by atoms with van der Waals surface area (Å²) >= 11 is 0. The maximum atomic E-state index is 10.6. The van der Waals surface area contributed by atoms with Crippen LogP contribution in [0, 0.1) is 0 Å². The van der Waals surface area contributed by atoms with Crippen LogP contribution >= 0.6 is 0 Å². The molecule has 100 valence electrons. The van der Waals surface area contributed by atoms with Crippen molar-refractivity contribution in [2.24, 2.45) is 0 Å². The van der Waals surface area contributed by atoms with Gasteiger partial charge in [0.15, 0.2) is 0 Å². The first kappa shape index (κ1) is 14.7. The van der Waals surface area contributed by atoms with Crippen LogP contribution in [0.2, 0.25) is 0 Å². The number of carboxylic acids is 1. The van der Waals surface area contributed by atoms with Crippen molar-refractivity contribution in [3.8, 4) is 0 Å². The minimum atomic E-state index is -0.961. The lowest BCUT2D eigenvalue weighted by molar-refractivity contribution is 0.0690. The summed E-state index contributed by atoms with van der Waals surface area (Å²) in [4.78, 5) is 14.6. The SMILES string of the molecule is CCCCCCCCCc1ccc(C(=O)O)nc1. The number of carbonyl (C=O) groups is 1. The molecule has 1 aromatic heterocycles. The molecule has 1 heterocycles. The van der Waals surface area contributed by atoms with E-state index < -0.39 is 5.97 Å². The summed E-state index contributed by atoms with van der Waals surface area (Å²) in [5.41, 5.74) is 1.26. The van der Waals surface area contributed by atoms with Gasteiger partial charge >= 0.3 is 5.97 Å². The number of hydrogen-bond acceptors (Lipinski definition) is 2. The number of aromatic carboxylic acids is 1. The van der Waals surface area contributed by atoms with Crippen LogP contribution in [0.4, 0.5) is 0 Å². The van der Waals surface area contributed by atoms with E-state index in [1.54, 1.807) is 12.3 Å². The molecule has 0 aliphatic rings. The molecule has 1 aromatic rings. The van der Waals surface area contributed by atoms with Gasteiger partial charge < -0.3 is 5.11 Å². The molecule has 0 spiro atoms. The van der Waals surface area contributed by atoms with Crippen molar-refractivity contribution in [1.29, 1.82) is 0 Å². The molecule has 0 radical (unpaired) electrons. The van der Waals surface area contributed by atoms with Crippen molar-refractivity contribution in [3.05, 3.63) is 29.6 Å². The van der Waals surface area contributed by atoms with E-state index in [2.05, 4.69) is 11.9 Å². The van der Waals surface area contributed by atoms with E-state index in [4.69, 9.17) is 5.11 Å². The van der Waals surface area contributed by atoms with Gasteiger partial charge in [-0.3, -0.25) is 0 Å². The Kier molecular flexibility index (Phi) is 7.07. The smallest absolute Gasteiger partial charge is 0.354 e. The van der Waals surface area contributed by atoms with Gasteiger partial charge in [-0.15, -0.1) is 0 Å². The quantitative estimate of drug-likeness (QED) is 0.671. The zero-order valence-electron chi connectivity index (χ0n) is 11.2. The van der Waals surface area contributed by atoms with Crippen LogP contribution in [0.1, 0.15) is 67.9 Å². The summed E-state index contributed by atoms with van der Waals surface area (Å²) in [6, 6.07) is 3.45. The van der Waals surface area contributed by atoms with Gasteiger partial charge in [0.05, 0.1) is 0 Å². The summed E-state index contributed by atoms with van der Waals surface area (Å²) in [6.45, 7) is 2.23. The molecule has 0 atom stereocenters. The largest absolute Gasteiger partial charge is 0.477 e. The highest BCUT2D eigenvalue weighted by atomic mass is 16.4. The Morgan fingerprint density at radius 1 is 1.11 bits per heavy atom. The predicted octanol–water partition coefficient (Wildman–Crippen LogP) is 4.07. The highest BCUT2D eigenvalue weighted by molar-refractivity contribution is 5.85. The van der Waals surface area contributed by atoms with E-state index in [0.29, 0.717) is 0 Å². The summed E-state index contributed by atoms with van der Waals surface area (Å²) < 4.78 is 0. The molecule has 0 fully saturated rings. The van der Waals surface area contributed by atoms with Crippen molar-refractivity contribution in [1.82, 2.24) is 4.98 Å². The third-order valence-electron chi connectivity index (χ3n) is 3.11. The second-order valence-corrected chi connectivity index (χ2v) is 4.73. The van der Waals surface area contributed by atoms with Crippen LogP contribution in [-0.4, -0.2) is 16.1 Å². The Morgan fingerprint density at radius 2 is 1.78 bits per heavy atom. The second-order valence-electron chi connectivity index (χ2n) is 4.73. The van der Waals surface area contributed by atoms with E-state index in [1.165, 1.54) is 44.9 Å². The molecule has 0 saturated heterocycles. The fraction of sp³-hybridized carbons (Fsp3) is 0.600.